The molecule has 0 saturated heterocycles. The number of sulfone groups is 1. The number of hydrogen-bond donors (Lipinski definition) is 0. The van der Waals surface area contributed by atoms with Crippen molar-refractivity contribution in [1.82, 2.24) is 0 Å². The molecule has 1 rings (SSSR count). The Morgan fingerprint density at radius 3 is 2.40 bits per heavy atom. The second-order valence-corrected chi connectivity index (χ2v) is 3.94. The Bertz CT molecular complexity index is 278. The summed E-state index contributed by atoms with van der Waals surface area (Å²) in [6.07, 6.45) is 1.09. The van der Waals surface area contributed by atoms with Gasteiger partial charge in [0.1, 0.15) is 5.75 Å². The molecule has 0 spiro atoms. The fourth-order valence-electron chi connectivity index (χ4n) is 0.691. The summed E-state index contributed by atoms with van der Waals surface area (Å²) in [7, 11) is -3.26. The van der Waals surface area contributed by atoms with Crippen molar-refractivity contribution in [1.29, 1.82) is 0 Å². The van der Waals surface area contributed by atoms with Gasteiger partial charge in [-0.15, -0.1) is 0 Å². The van der Waals surface area contributed by atoms with E-state index in [1.807, 2.05) is 0 Å². The molecule has 0 amide bonds. The number of rotatable bonds is 1. The van der Waals surface area contributed by atoms with Gasteiger partial charge in [0.05, 0.1) is 0 Å². The fourth-order valence-corrected chi connectivity index (χ4v) is 1.93. The van der Waals surface area contributed by atoms with Crippen molar-refractivity contribution in [2.75, 3.05) is 5.75 Å². The van der Waals surface area contributed by atoms with E-state index in [4.69, 9.17) is 0 Å². The molecule has 56 valence electrons. The molecule has 0 aromatic rings. The Morgan fingerprint density at radius 2 is 2.20 bits per heavy atom. The predicted molar refractivity (Wildman–Crippen MR) is 33.7 cm³/mol. The highest BCUT2D eigenvalue weighted by atomic mass is 32.2. The minimum absolute atomic E-state index is 0.389. The lowest BCUT2D eigenvalue weighted by atomic mass is 10.4. The largest absolute Gasteiger partial charge is 0.264 e. The van der Waals surface area contributed by atoms with Crippen LogP contribution in [-0.4, -0.2) is 25.1 Å². The summed E-state index contributed by atoms with van der Waals surface area (Å²) >= 11 is 0. The Labute approximate surface area is 57.4 Å². The zero-order valence-corrected chi connectivity index (χ0v) is 5.74. The van der Waals surface area contributed by atoms with Crippen molar-refractivity contribution in [3.63, 3.8) is 0 Å². The molecule has 1 unspecified atom stereocenters. The average Bonchev–Trinajstić information content (AvgIpc) is 2.10. The first-order valence-electron chi connectivity index (χ1n) is 2.56. The van der Waals surface area contributed by atoms with Crippen LogP contribution in [0.3, 0.4) is 0 Å². The second-order valence-electron chi connectivity index (χ2n) is 2.01. The van der Waals surface area contributed by atoms with Crippen molar-refractivity contribution in [2.45, 2.75) is 6.04 Å². The van der Waals surface area contributed by atoms with E-state index in [1.165, 1.54) is 0 Å². The molecule has 1 aliphatic heterocycles. The minimum atomic E-state index is -3.26. The van der Waals surface area contributed by atoms with Gasteiger partial charge in [-0.3, -0.25) is 10.1 Å². The molecule has 0 aromatic carbocycles. The fraction of sp³-hybridized carbons (Fsp3) is 0.500. The van der Waals surface area contributed by atoms with Crippen LogP contribution < -0.4 is 0 Å². The van der Waals surface area contributed by atoms with Gasteiger partial charge < -0.3 is 0 Å². The Hall–Kier alpha value is -0.910. The van der Waals surface area contributed by atoms with Crippen LogP contribution in [0.25, 0.3) is 0 Å². The topological polar surface area (TPSA) is 77.3 Å². The molecule has 5 nitrogen and oxygen atoms in total. The van der Waals surface area contributed by atoms with Crippen LogP contribution in [0.4, 0.5) is 0 Å². The standard InChI is InChI=1S/C4H5NO4S/c6-5(7)4-1-2-10(8,9)3-4/h1-2,4H,3H2. The van der Waals surface area contributed by atoms with Gasteiger partial charge in [-0.25, -0.2) is 8.42 Å². The van der Waals surface area contributed by atoms with Crippen LogP contribution in [0.15, 0.2) is 11.5 Å². The van der Waals surface area contributed by atoms with E-state index in [0.29, 0.717) is 0 Å². The zero-order valence-electron chi connectivity index (χ0n) is 4.93. The van der Waals surface area contributed by atoms with Crippen LogP contribution >= 0.6 is 0 Å². The second kappa shape index (κ2) is 2.05. The molecule has 6 heteroatoms. The van der Waals surface area contributed by atoms with E-state index < -0.39 is 20.8 Å². The Morgan fingerprint density at radius 1 is 1.60 bits per heavy atom. The first-order chi connectivity index (χ1) is 4.51. The average molecular weight is 163 g/mol. The normalized spacial score (nSPS) is 28.6. The van der Waals surface area contributed by atoms with E-state index in [9.17, 15) is 18.5 Å². The first kappa shape index (κ1) is 7.20. The van der Waals surface area contributed by atoms with Crippen molar-refractivity contribution in [3.05, 3.63) is 21.6 Å². The van der Waals surface area contributed by atoms with Gasteiger partial charge in [0, 0.05) is 16.4 Å². The van der Waals surface area contributed by atoms with Gasteiger partial charge >= 0.3 is 0 Å². The number of hydrogen-bond acceptors (Lipinski definition) is 4. The molecule has 0 N–H and O–H groups in total. The van der Waals surface area contributed by atoms with Crippen LogP contribution in [0.5, 0.6) is 0 Å². The van der Waals surface area contributed by atoms with Gasteiger partial charge in [-0.1, -0.05) is 0 Å². The van der Waals surface area contributed by atoms with E-state index in [-0.39, 0.29) is 5.75 Å². The van der Waals surface area contributed by atoms with Crippen LogP contribution in [0.2, 0.25) is 0 Å². The predicted octanol–water partition coefficient (Wildman–Crippen LogP) is -0.426. The zero-order chi connectivity index (χ0) is 7.78. The van der Waals surface area contributed by atoms with Crippen LogP contribution in [0, 0.1) is 10.1 Å². The molecule has 0 aliphatic carbocycles. The molecule has 10 heavy (non-hydrogen) atoms. The molecule has 0 aromatic heterocycles. The molecule has 0 saturated carbocycles. The molecule has 0 bridgehead atoms. The number of nitrogens with zero attached hydrogens (tertiary/aromatic N) is 1. The molecular weight excluding hydrogens is 158 g/mol. The van der Waals surface area contributed by atoms with Crippen LogP contribution in [-0.2, 0) is 9.84 Å². The van der Waals surface area contributed by atoms with Crippen molar-refractivity contribution in [2.24, 2.45) is 0 Å². The van der Waals surface area contributed by atoms with Crippen LogP contribution in [0.1, 0.15) is 0 Å². The van der Waals surface area contributed by atoms with E-state index in [0.717, 1.165) is 11.5 Å². The maximum absolute atomic E-state index is 10.6. The molecular formula is C4H5NO4S. The van der Waals surface area contributed by atoms with Gasteiger partial charge in [0.25, 0.3) is 0 Å². The van der Waals surface area contributed by atoms with Crippen molar-refractivity contribution >= 4 is 9.84 Å². The van der Waals surface area contributed by atoms with Crippen molar-refractivity contribution in [3.8, 4) is 0 Å². The van der Waals surface area contributed by atoms with E-state index >= 15 is 0 Å². The first-order valence-corrected chi connectivity index (χ1v) is 4.27. The lowest BCUT2D eigenvalue weighted by Gasteiger charge is -1.93. The molecule has 1 atom stereocenters. The highest BCUT2D eigenvalue weighted by Crippen LogP contribution is 2.09. The van der Waals surface area contributed by atoms with Gasteiger partial charge in [0.15, 0.2) is 9.84 Å². The van der Waals surface area contributed by atoms with Gasteiger partial charge in [-0.2, -0.15) is 0 Å². The maximum Gasteiger partial charge on any atom is 0.246 e. The lowest BCUT2D eigenvalue weighted by molar-refractivity contribution is -0.503. The summed E-state index contributed by atoms with van der Waals surface area (Å²) in [6.45, 7) is 0. The smallest absolute Gasteiger partial charge is 0.246 e. The Balaban J connectivity index is 2.81. The summed E-state index contributed by atoms with van der Waals surface area (Å²) in [4.78, 5) is 9.37. The summed E-state index contributed by atoms with van der Waals surface area (Å²) < 4.78 is 21.1. The van der Waals surface area contributed by atoms with Crippen molar-refractivity contribution < 1.29 is 13.3 Å². The third-order valence-corrected chi connectivity index (χ3v) is 2.56. The monoisotopic (exact) mass is 163 g/mol. The maximum atomic E-state index is 10.6. The molecule has 1 aliphatic rings. The summed E-state index contributed by atoms with van der Waals surface area (Å²) in [5.74, 6) is -0.389. The molecule has 1 heterocycles. The summed E-state index contributed by atoms with van der Waals surface area (Å²) in [6, 6.07) is -1.04. The number of nitro groups is 1. The Kier molecular flexibility index (Phi) is 1.47. The third kappa shape index (κ3) is 1.32. The summed E-state index contributed by atoms with van der Waals surface area (Å²) in [5, 5.41) is 10.9. The molecule has 0 radical (unpaired) electrons. The van der Waals surface area contributed by atoms with Gasteiger partial charge in [0.2, 0.25) is 6.04 Å². The summed E-state index contributed by atoms with van der Waals surface area (Å²) in [5.41, 5.74) is 0. The van der Waals surface area contributed by atoms with E-state index in [1.54, 1.807) is 0 Å². The minimum Gasteiger partial charge on any atom is -0.264 e. The molecule has 0 fully saturated rings. The highest BCUT2D eigenvalue weighted by Gasteiger charge is 2.29. The van der Waals surface area contributed by atoms with Gasteiger partial charge in [-0.05, 0) is 0 Å². The SMILES string of the molecule is O=[N+]([O-])C1C=CS(=O)(=O)C1. The third-order valence-electron chi connectivity index (χ3n) is 1.18. The quantitative estimate of drug-likeness (QED) is 0.388. The van der Waals surface area contributed by atoms with E-state index in [2.05, 4.69) is 0 Å². The lowest BCUT2D eigenvalue weighted by Crippen LogP contribution is -2.20. The highest BCUT2D eigenvalue weighted by molar-refractivity contribution is 7.94.